The summed E-state index contributed by atoms with van der Waals surface area (Å²) in [6.45, 7) is 6.94. The van der Waals surface area contributed by atoms with Gasteiger partial charge in [-0.25, -0.2) is 0 Å². The summed E-state index contributed by atoms with van der Waals surface area (Å²) in [4.78, 5) is 2.71. The quantitative estimate of drug-likeness (QED) is 0.885. The summed E-state index contributed by atoms with van der Waals surface area (Å²) in [5.41, 5.74) is 0.956. The fourth-order valence-electron chi connectivity index (χ4n) is 1.55. The molecule has 1 N–H and O–H groups in total. The van der Waals surface area contributed by atoms with Crippen LogP contribution in [-0.2, 0) is 6.54 Å². The van der Waals surface area contributed by atoms with Crippen LogP contribution in [0.5, 0.6) is 0 Å². The minimum atomic E-state index is 0.357. The van der Waals surface area contributed by atoms with Crippen molar-refractivity contribution in [1.29, 1.82) is 0 Å². The van der Waals surface area contributed by atoms with Gasteiger partial charge in [-0.2, -0.15) is 0 Å². The fraction of sp³-hybridized carbons (Fsp3) is 0.417. The van der Waals surface area contributed by atoms with Gasteiger partial charge in [0, 0.05) is 28.4 Å². The van der Waals surface area contributed by atoms with E-state index in [4.69, 9.17) is 4.52 Å². The molecular weight excluding hydrogens is 220 g/mol. The Kier molecular flexibility index (Phi) is 3.41. The zero-order chi connectivity index (χ0) is 11.5. The maximum Gasteiger partial charge on any atom is 0.133 e. The Morgan fingerprint density at radius 3 is 2.81 bits per heavy atom. The SMILES string of the molecule is Cc1cc(CNC(C)c2ccc(C)s2)no1. The van der Waals surface area contributed by atoms with Crippen LogP contribution in [0.3, 0.4) is 0 Å². The third-order valence-corrected chi connectivity index (χ3v) is 3.64. The van der Waals surface area contributed by atoms with Crippen LogP contribution in [0, 0.1) is 13.8 Å². The zero-order valence-electron chi connectivity index (χ0n) is 9.78. The number of nitrogens with one attached hydrogen (secondary N) is 1. The normalized spacial score (nSPS) is 12.9. The number of aryl methyl sites for hydroxylation is 2. The zero-order valence-corrected chi connectivity index (χ0v) is 10.6. The highest BCUT2D eigenvalue weighted by Gasteiger charge is 2.08. The lowest BCUT2D eigenvalue weighted by molar-refractivity contribution is 0.386. The minimum absolute atomic E-state index is 0.357. The Bertz CT molecular complexity index is 461. The lowest BCUT2D eigenvalue weighted by atomic mass is 10.2. The Hall–Kier alpha value is -1.13. The average Bonchev–Trinajstić information content (AvgIpc) is 2.84. The van der Waals surface area contributed by atoms with Crippen molar-refractivity contribution in [2.24, 2.45) is 0 Å². The summed E-state index contributed by atoms with van der Waals surface area (Å²) in [6.07, 6.45) is 0. The van der Waals surface area contributed by atoms with E-state index in [1.807, 2.05) is 24.3 Å². The van der Waals surface area contributed by atoms with Crippen molar-refractivity contribution in [3.63, 3.8) is 0 Å². The molecule has 2 aromatic heterocycles. The molecule has 86 valence electrons. The monoisotopic (exact) mass is 236 g/mol. The van der Waals surface area contributed by atoms with Gasteiger partial charge in [-0.3, -0.25) is 0 Å². The van der Waals surface area contributed by atoms with Crippen LogP contribution in [0.25, 0.3) is 0 Å². The first-order valence-corrected chi connectivity index (χ1v) is 6.18. The van der Waals surface area contributed by atoms with Crippen molar-refractivity contribution in [2.45, 2.75) is 33.4 Å². The molecule has 1 atom stereocenters. The van der Waals surface area contributed by atoms with Crippen LogP contribution in [-0.4, -0.2) is 5.16 Å². The molecule has 3 nitrogen and oxygen atoms in total. The molecular formula is C12H16N2OS. The third-order valence-electron chi connectivity index (χ3n) is 2.45. The Balaban J connectivity index is 1.91. The maximum absolute atomic E-state index is 5.02. The van der Waals surface area contributed by atoms with Crippen LogP contribution < -0.4 is 5.32 Å². The number of thiophene rings is 1. The van der Waals surface area contributed by atoms with Gasteiger partial charge in [0.05, 0.1) is 5.69 Å². The topological polar surface area (TPSA) is 38.1 Å². The number of hydrogen-bond acceptors (Lipinski definition) is 4. The molecule has 2 heterocycles. The van der Waals surface area contributed by atoms with Crippen molar-refractivity contribution in [3.05, 3.63) is 39.4 Å². The molecule has 0 aliphatic heterocycles. The van der Waals surface area contributed by atoms with Crippen LogP contribution in [0.4, 0.5) is 0 Å². The molecule has 0 spiro atoms. The van der Waals surface area contributed by atoms with Gasteiger partial charge in [-0.15, -0.1) is 11.3 Å². The summed E-state index contributed by atoms with van der Waals surface area (Å²) in [5.74, 6) is 0.858. The second-order valence-electron chi connectivity index (χ2n) is 3.98. The molecule has 0 saturated heterocycles. The first-order valence-electron chi connectivity index (χ1n) is 5.37. The molecule has 0 aliphatic carbocycles. The summed E-state index contributed by atoms with van der Waals surface area (Å²) in [5, 5.41) is 7.38. The summed E-state index contributed by atoms with van der Waals surface area (Å²) in [6, 6.07) is 6.64. The van der Waals surface area contributed by atoms with E-state index in [0.717, 1.165) is 18.0 Å². The van der Waals surface area contributed by atoms with Gasteiger partial charge in [-0.05, 0) is 32.9 Å². The first kappa shape index (κ1) is 11.4. The molecule has 4 heteroatoms. The molecule has 16 heavy (non-hydrogen) atoms. The summed E-state index contributed by atoms with van der Waals surface area (Å²) < 4.78 is 5.02. The molecule has 0 aliphatic rings. The lowest BCUT2D eigenvalue weighted by Crippen LogP contribution is -2.17. The van der Waals surface area contributed by atoms with Gasteiger partial charge >= 0.3 is 0 Å². The van der Waals surface area contributed by atoms with Gasteiger partial charge < -0.3 is 9.84 Å². The van der Waals surface area contributed by atoms with Crippen LogP contribution in [0.1, 0.15) is 34.2 Å². The van der Waals surface area contributed by atoms with Gasteiger partial charge in [0.1, 0.15) is 5.76 Å². The Labute approximate surface area is 99.5 Å². The van der Waals surface area contributed by atoms with Gasteiger partial charge in [-0.1, -0.05) is 5.16 Å². The highest BCUT2D eigenvalue weighted by molar-refractivity contribution is 7.12. The Morgan fingerprint density at radius 1 is 1.44 bits per heavy atom. The van der Waals surface area contributed by atoms with E-state index < -0.39 is 0 Å². The fourth-order valence-corrected chi connectivity index (χ4v) is 2.45. The van der Waals surface area contributed by atoms with Crippen LogP contribution in [0.15, 0.2) is 22.7 Å². The van der Waals surface area contributed by atoms with E-state index >= 15 is 0 Å². The van der Waals surface area contributed by atoms with Crippen molar-refractivity contribution in [1.82, 2.24) is 10.5 Å². The molecule has 2 aromatic rings. The minimum Gasteiger partial charge on any atom is -0.361 e. The molecule has 0 amide bonds. The van der Waals surface area contributed by atoms with E-state index in [-0.39, 0.29) is 0 Å². The number of rotatable bonds is 4. The molecule has 1 unspecified atom stereocenters. The lowest BCUT2D eigenvalue weighted by Gasteiger charge is -2.10. The van der Waals surface area contributed by atoms with E-state index in [1.54, 1.807) is 0 Å². The number of aromatic nitrogens is 1. The summed E-state index contributed by atoms with van der Waals surface area (Å²) >= 11 is 1.83. The first-order chi connectivity index (χ1) is 7.65. The standard InChI is InChI=1S/C12H16N2OS/c1-8-6-11(14-15-8)7-13-10(3)12-5-4-9(2)16-12/h4-6,10,13H,7H2,1-3H3. The third kappa shape index (κ3) is 2.71. The molecule has 0 aromatic carbocycles. The predicted molar refractivity (Wildman–Crippen MR) is 65.6 cm³/mol. The molecule has 0 saturated carbocycles. The van der Waals surface area contributed by atoms with E-state index in [9.17, 15) is 0 Å². The largest absolute Gasteiger partial charge is 0.361 e. The van der Waals surface area contributed by atoms with E-state index in [2.05, 4.69) is 36.5 Å². The van der Waals surface area contributed by atoms with Gasteiger partial charge in [0.25, 0.3) is 0 Å². The van der Waals surface area contributed by atoms with Crippen LogP contribution >= 0.6 is 11.3 Å². The van der Waals surface area contributed by atoms with E-state index in [0.29, 0.717) is 6.04 Å². The smallest absolute Gasteiger partial charge is 0.133 e. The maximum atomic E-state index is 5.02. The number of hydrogen-bond donors (Lipinski definition) is 1. The van der Waals surface area contributed by atoms with Crippen molar-refractivity contribution in [3.8, 4) is 0 Å². The van der Waals surface area contributed by atoms with Crippen molar-refractivity contribution >= 4 is 11.3 Å². The van der Waals surface area contributed by atoms with E-state index in [1.165, 1.54) is 9.75 Å². The molecule has 2 rings (SSSR count). The molecule has 0 fully saturated rings. The van der Waals surface area contributed by atoms with Crippen molar-refractivity contribution < 1.29 is 4.52 Å². The average molecular weight is 236 g/mol. The highest BCUT2D eigenvalue weighted by Crippen LogP contribution is 2.22. The van der Waals surface area contributed by atoms with Crippen LogP contribution in [0.2, 0.25) is 0 Å². The van der Waals surface area contributed by atoms with Gasteiger partial charge in [0.2, 0.25) is 0 Å². The number of nitrogens with zero attached hydrogens (tertiary/aromatic N) is 1. The Morgan fingerprint density at radius 2 is 2.25 bits per heavy atom. The van der Waals surface area contributed by atoms with Gasteiger partial charge in [0.15, 0.2) is 0 Å². The molecule has 0 radical (unpaired) electrons. The second kappa shape index (κ2) is 4.80. The highest BCUT2D eigenvalue weighted by atomic mass is 32.1. The van der Waals surface area contributed by atoms with Crippen molar-refractivity contribution in [2.75, 3.05) is 0 Å². The second-order valence-corrected chi connectivity index (χ2v) is 5.30. The molecule has 0 bridgehead atoms. The summed E-state index contributed by atoms with van der Waals surface area (Å²) in [7, 11) is 0. The predicted octanol–water partition coefficient (Wildman–Crippen LogP) is 3.20.